The van der Waals surface area contributed by atoms with Gasteiger partial charge < -0.3 is 5.32 Å². The summed E-state index contributed by atoms with van der Waals surface area (Å²) >= 11 is 0. The Hall–Kier alpha value is -1.67. The fourth-order valence-electron chi connectivity index (χ4n) is 3.31. The second kappa shape index (κ2) is 6.40. The molecule has 0 radical (unpaired) electrons. The van der Waals surface area contributed by atoms with Crippen molar-refractivity contribution in [3.05, 3.63) is 64.0 Å². The highest BCUT2D eigenvalue weighted by atomic mass is 14.9. The Kier molecular flexibility index (Phi) is 4.79. The van der Waals surface area contributed by atoms with Gasteiger partial charge in [0.25, 0.3) is 0 Å². The Balaban J connectivity index is 2.22. The lowest BCUT2D eigenvalue weighted by molar-refractivity contribution is 0.488. The lowest BCUT2D eigenvalue weighted by atomic mass is 9.97. The monoisotopic (exact) mass is 282 g/mol. The molecule has 0 aliphatic carbocycles. The van der Waals surface area contributed by atoms with Crippen molar-refractivity contribution in [3.63, 3.8) is 0 Å². The topological polar surface area (TPSA) is 24.9 Å². The van der Waals surface area contributed by atoms with Crippen molar-refractivity contribution in [2.75, 3.05) is 0 Å². The van der Waals surface area contributed by atoms with Gasteiger partial charge in [0.05, 0.1) is 0 Å². The first-order valence-electron chi connectivity index (χ1n) is 7.66. The van der Waals surface area contributed by atoms with Gasteiger partial charge in [0.1, 0.15) is 0 Å². The molecule has 0 saturated carbocycles. The quantitative estimate of drug-likeness (QED) is 0.877. The van der Waals surface area contributed by atoms with Crippen molar-refractivity contribution in [1.82, 2.24) is 10.3 Å². The molecule has 0 saturated heterocycles. The third kappa shape index (κ3) is 3.51. The first-order chi connectivity index (χ1) is 9.90. The van der Waals surface area contributed by atoms with Crippen molar-refractivity contribution in [1.29, 1.82) is 0 Å². The summed E-state index contributed by atoms with van der Waals surface area (Å²) in [6.07, 6.45) is 0. The van der Waals surface area contributed by atoms with E-state index in [-0.39, 0.29) is 6.04 Å². The maximum absolute atomic E-state index is 4.61. The minimum Gasteiger partial charge on any atom is -0.304 e. The summed E-state index contributed by atoms with van der Waals surface area (Å²) in [7, 11) is 0. The molecule has 1 aromatic heterocycles. The van der Waals surface area contributed by atoms with E-state index >= 15 is 0 Å². The molecule has 0 bridgehead atoms. The molecule has 0 amide bonds. The van der Waals surface area contributed by atoms with Gasteiger partial charge in [0.15, 0.2) is 0 Å². The van der Waals surface area contributed by atoms with Crippen LogP contribution >= 0.6 is 0 Å². The van der Waals surface area contributed by atoms with E-state index in [1.165, 1.54) is 22.3 Å². The fraction of sp³-hybridized carbons (Fsp3) is 0.421. The normalized spacial score (nSPS) is 14.0. The van der Waals surface area contributed by atoms with Crippen molar-refractivity contribution in [2.24, 2.45) is 0 Å². The smallest absolute Gasteiger partial charge is 0.0426 e. The average Bonchev–Trinajstić information content (AvgIpc) is 2.37. The summed E-state index contributed by atoms with van der Waals surface area (Å²) in [5, 5.41) is 3.71. The van der Waals surface area contributed by atoms with E-state index in [4.69, 9.17) is 0 Å². The number of pyridine rings is 1. The molecule has 2 nitrogen and oxygen atoms in total. The van der Waals surface area contributed by atoms with Crippen LogP contribution < -0.4 is 5.32 Å². The highest BCUT2D eigenvalue weighted by molar-refractivity contribution is 5.34. The van der Waals surface area contributed by atoms with Crippen LogP contribution in [-0.4, -0.2) is 4.98 Å². The van der Waals surface area contributed by atoms with E-state index in [2.05, 4.69) is 82.2 Å². The SMILES string of the molecule is Cc1cc(C)c(C(C)NC(C)c2ccccc2C)c(C)n1. The van der Waals surface area contributed by atoms with Crippen molar-refractivity contribution >= 4 is 0 Å². The molecular formula is C19H26N2. The van der Waals surface area contributed by atoms with Crippen LogP contribution in [0.4, 0.5) is 0 Å². The molecular weight excluding hydrogens is 256 g/mol. The zero-order valence-corrected chi connectivity index (χ0v) is 14.0. The second-order valence-electron chi connectivity index (χ2n) is 6.05. The number of rotatable bonds is 4. The lowest BCUT2D eigenvalue weighted by Gasteiger charge is -2.24. The van der Waals surface area contributed by atoms with Gasteiger partial charge in [0.2, 0.25) is 0 Å². The average molecular weight is 282 g/mol. The standard InChI is InChI=1S/C19H26N2/c1-12-9-7-8-10-18(12)15(4)21-17(6)19-13(2)11-14(3)20-16(19)5/h7-11,15,17,21H,1-6H3. The molecule has 2 aromatic rings. The number of hydrogen-bond donors (Lipinski definition) is 1. The van der Waals surface area contributed by atoms with Crippen LogP contribution in [-0.2, 0) is 0 Å². The largest absolute Gasteiger partial charge is 0.304 e. The Morgan fingerprint density at radius 1 is 0.905 bits per heavy atom. The van der Waals surface area contributed by atoms with Crippen molar-refractivity contribution < 1.29 is 0 Å². The number of aryl methyl sites for hydroxylation is 4. The van der Waals surface area contributed by atoms with E-state index in [9.17, 15) is 0 Å². The van der Waals surface area contributed by atoms with Gasteiger partial charge >= 0.3 is 0 Å². The molecule has 2 unspecified atom stereocenters. The zero-order valence-electron chi connectivity index (χ0n) is 14.0. The third-order valence-corrected chi connectivity index (χ3v) is 4.17. The maximum Gasteiger partial charge on any atom is 0.0426 e. The first-order valence-corrected chi connectivity index (χ1v) is 7.66. The summed E-state index contributed by atoms with van der Waals surface area (Å²) in [6, 6.07) is 11.3. The van der Waals surface area contributed by atoms with Crippen LogP contribution in [0.25, 0.3) is 0 Å². The van der Waals surface area contributed by atoms with Gasteiger partial charge in [0, 0.05) is 23.5 Å². The van der Waals surface area contributed by atoms with Gasteiger partial charge in [-0.3, -0.25) is 4.98 Å². The van der Waals surface area contributed by atoms with Crippen LogP contribution in [0.15, 0.2) is 30.3 Å². The minimum atomic E-state index is 0.285. The molecule has 2 heteroatoms. The molecule has 1 heterocycles. The highest BCUT2D eigenvalue weighted by Gasteiger charge is 2.16. The highest BCUT2D eigenvalue weighted by Crippen LogP contribution is 2.25. The Morgan fingerprint density at radius 3 is 2.19 bits per heavy atom. The lowest BCUT2D eigenvalue weighted by Crippen LogP contribution is -2.24. The molecule has 1 aromatic carbocycles. The Labute approximate surface area is 128 Å². The van der Waals surface area contributed by atoms with E-state index in [1.54, 1.807) is 0 Å². The number of aromatic nitrogens is 1. The van der Waals surface area contributed by atoms with Crippen molar-refractivity contribution in [2.45, 2.75) is 53.6 Å². The van der Waals surface area contributed by atoms with Gasteiger partial charge in [-0.1, -0.05) is 24.3 Å². The summed E-state index contributed by atoms with van der Waals surface area (Å²) in [5.74, 6) is 0. The Morgan fingerprint density at radius 2 is 1.57 bits per heavy atom. The summed E-state index contributed by atoms with van der Waals surface area (Å²) in [5.41, 5.74) is 7.55. The van der Waals surface area contributed by atoms with E-state index < -0.39 is 0 Å². The van der Waals surface area contributed by atoms with E-state index in [0.717, 1.165) is 11.4 Å². The van der Waals surface area contributed by atoms with Crippen LogP contribution in [0.5, 0.6) is 0 Å². The molecule has 0 aliphatic heterocycles. The maximum atomic E-state index is 4.61. The van der Waals surface area contributed by atoms with Crippen LogP contribution in [0.2, 0.25) is 0 Å². The number of hydrogen-bond acceptors (Lipinski definition) is 2. The zero-order chi connectivity index (χ0) is 15.6. The predicted octanol–water partition coefficient (Wildman–Crippen LogP) is 4.73. The number of nitrogens with zero attached hydrogens (tertiary/aromatic N) is 1. The summed E-state index contributed by atoms with van der Waals surface area (Å²) in [6.45, 7) is 13.0. The molecule has 0 spiro atoms. The molecule has 0 aliphatic rings. The second-order valence-corrected chi connectivity index (χ2v) is 6.05. The molecule has 1 N–H and O–H groups in total. The minimum absolute atomic E-state index is 0.285. The van der Waals surface area contributed by atoms with E-state index in [0.29, 0.717) is 6.04 Å². The Bertz CT molecular complexity index is 608. The van der Waals surface area contributed by atoms with Gasteiger partial charge in [-0.2, -0.15) is 0 Å². The summed E-state index contributed by atoms with van der Waals surface area (Å²) in [4.78, 5) is 4.61. The number of nitrogens with one attached hydrogen (secondary N) is 1. The van der Waals surface area contributed by atoms with E-state index in [1.807, 2.05) is 0 Å². The molecule has 21 heavy (non-hydrogen) atoms. The fourth-order valence-corrected chi connectivity index (χ4v) is 3.31. The van der Waals surface area contributed by atoms with Gasteiger partial charge in [-0.25, -0.2) is 0 Å². The molecule has 112 valence electrons. The van der Waals surface area contributed by atoms with Crippen LogP contribution in [0.3, 0.4) is 0 Å². The van der Waals surface area contributed by atoms with Crippen molar-refractivity contribution in [3.8, 4) is 0 Å². The van der Waals surface area contributed by atoms with Gasteiger partial charge in [-0.05, 0) is 69.9 Å². The molecule has 2 atom stereocenters. The molecule has 2 rings (SSSR count). The number of benzene rings is 1. The third-order valence-electron chi connectivity index (χ3n) is 4.17. The predicted molar refractivity (Wildman–Crippen MR) is 89.6 cm³/mol. The first kappa shape index (κ1) is 15.7. The van der Waals surface area contributed by atoms with Crippen LogP contribution in [0, 0.1) is 27.7 Å². The van der Waals surface area contributed by atoms with Crippen LogP contribution in [0.1, 0.15) is 59.6 Å². The molecule has 0 fully saturated rings. The summed E-state index contributed by atoms with van der Waals surface area (Å²) < 4.78 is 0. The van der Waals surface area contributed by atoms with Gasteiger partial charge in [-0.15, -0.1) is 0 Å².